The first-order valence-corrected chi connectivity index (χ1v) is 9.88. The van der Waals surface area contributed by atoms with E-state index in [1.807, 2.05) is 24.3 Å². The largest absolute Gasteiger partial charge is 0.415 e. The normalized spacial score (nSPS) is 21.1. The number of quaternary nitrogens is 2. The molecule has 3 aromatic rings. The summed E-state index contributed by atoms with van der Waals surface area (Å²) in [7, 11) is 0. The van der Waals surface area contributed by atoms with E-state index in [1.54, 1.807) is 4.90 Å². The van der Waals surface area contributed by atoms with E-state index < -0.39 is 0 Å². The molecule has 0 spiro atoms. The molecule has 27 heavy (non-hydrogen) atoms. The van der Waals surface area contributed by atoms with Gasteiger partial charge in [0, 0.05) is 16.1 Å². The van der Waals surface area contributed by atoms with E-state index in [-0.39, 0.29) is 6.04 Å². The van der Waals surface area contributed by atoms with Gasteiger partial charge in [-0.15, -0.1) is 10.2 Å². The van der Waals surface area contributed by atoms with Gasteiger partial charge in [0.1, 0.15) is 32.7 Å². The fourth-order valence-corrected chi connectivity index (χ4v) is 3.93. The molecule has 0 unspecified atom stereocenters. The Kier molecular flexibility index (Phi) is 5.53. The molecule has 0 amide bonds. The van der Waals surface area contributed by atoms with Crippen LogP contribution in [0.15, 0.2) is 59.0 Å². The minimum Gasteiger partial charge on any atom is -0.415 e. The molecule has 0 radical (unpaired) electrons. The van der Waals surface area contributed by atoms with Crippen molar-refractivity contribution in [2.45, 2.75) is 19.5 Å². The smallest absolute Gasteiger partial charge is 0.274 e. The van der Waals surface area contributed by atoms with Gasteiger partial charge in [0.05, 0.1) is 0 Å². The Bertz CT molecular complexity index is 875. The Balaban J connectivity index is 1.36. The van der Waals surface area contributed by atoms with Gasteiger partial charge in [0.15, 0.2) is 6.04 Å². The van der Waals surface area contributed by atoms with Crippen LogP contribution in [0.2, 0.25) is 5.02 Å². The lowest BCUT2D eigenvalue weighted by Crippen LogP contribution is -3.27. The summed E-state index contributed by atoms with van der Waals surface area (Å²) in [4.78, 5) is 3.15. The van der Waals surface area contributed by atoms with E-state index in [0.717, 1.165) is 38.3 Å². The highest BCUT2D eigenvalue weighted by Crippen LogP contribution is 2.22. The Morgan fingerprint density at radius 1 is 1.00 bits per heavy atom. The van der Waals surface area contributed by atoms with Gasteiger partial charge in [-0.3, -0.25) is 0 Å². The Hall–Kier alpha value is -2.21. The molecular weight excluding hydrogens is 360 g/mol. The minimum absolute atomic E-state index is 0.198. The predicted molar refractivity (Wildman–Crippen MR) is 105 cm³/mol. The van der Waals surface area contributed by atoms with Crippen molar-refractivity contribution in [3.8, 4) is 11.5 Å². The maximum absolute atomic E-state index is 6.06. The van der Waals surface area contributed by atoms with E-state index in [4.69, 9.17) is 16.0 Å². The third kappa shape index (κ3) is 4.38. The number of rotatable bonds is 5. The SMILES string of the molecule is C[C@@H](c1nnc(-c2cccc(Cl)c2)o1)[NH+]1CC[NH+](Cc2ccccc2)CC1. The molecular formula is C21H25ClN4O+2. The van der Waals surface area contributed by atoms with Gasteiger partial charge in [-0.05, 0) is 25.1 Å². The summed E-state index contributed by atoms with van der Waals surface area (Å²) in [5.41, 5.74) is 2.27. The summed E-state index contributed by atoms with van der Waals surface area (Å²) in [5.74, 6) is 1.23. The molecule has 1 fully saturated rings. The van der Waals surface area contributed by atoms with Gasteiger partial charge in [-0.2, -0.15) is 0 Å². The van der Waals surface area contributed by atoms with Crippen LogP contribution >= 0.6 is 11.6 Å². The molecule has 1 aliphatic heterocycles. The third-order valence-electron chi connectivity index (χ3n) is 5.39. The van der Waals surface area contributed by atoms with Crippen molar-refractivity contribution >= 4 is 11.6 Å². The number of piperazine rings is 1. The van der Waals surface area contributed by atoms with Gasteiger partial charge >= 0.3 is 0 Å². The van der Waals surface area contributed by atoms with Crippen molar-refractivity contribution in [1.29, 1.82) is 0 Å². The molecule has 2 heterocycles. The van der Waals surface area contributed by atoms with Crippen molar-refractivity contribution in [3.63, 3.8) is 0 Å². The summed E-state index contributed by atoms with van der Waals surface area (Å²) in [6, 6.07) is 18.5. The summed E-state index contributed by atoms with van der Waals surface area (Å²) >= 11 is 6.06. The van der Waals surface area contributed by atoms with Crippen molar-refractivity contribution in [3.05, 3.63) is 71.1 Å². The number of aromatic nitrogens is 2. The molecule has 0 bridgehead atoms. The van der Waals surface area contributed by atoms with E-state index >= 15 is 0 Å². The monoisotopic (exact) mass is 384 g/mol. The quantitative estimate of drug-likeness (QED) is 0.699. The second kappa shape index (κ2) is 8.21. The molecule has 6 heteroatoms. The fraction of sp³-hybridized carbons (Fsp3) is 0.333. The molecule has 2 aromatic carbocycles. The molecule has 4 rings (SSSR count). The van der Waals surface area contributed by atoms with Crippen LogP contribution in [0.1, 0.15) is 24.4 Å². The van der Waals surface area contributed by atoms with E-state index in [1.165, 1.54) is 10.5 Å². The molecule has 0 saturated carbocycles. The third-order valence-corrected chi connectivity index (χ3v) is 5.63. The van der Waals surface area contributed by atoms with Crippen LogP contribution in [-0.2, 0) is 6.54 Å². The predicted octanol–water partition coefficient (Wildman–Crippen LogP) is 1.43. The summed E-state index contributed by atoms with van der Waals surface area (Å²) < 4.78 is 5.95. The summed E-state index contributed by atoms with van der Waals surface area (Å²) in [5, 5.41) is 9.19. The first-order chi connectivity index (χ1) is 13.2. The zero-order valence-corrected chi connectivity index (χ0v) is 16.2. The number of benzene rings is 2. The van der Waals surface area contributed by atoms with Gasteiger partial charge in [-0.1, -0.05) is 48.0 Å². The second-order valence-corrected chi connectivity index (χ2v) is 7.68. The maximum Gasteiger partial charge on any atom is 0.274 e. The maximum atomic E-state index is 6.06. The molecule has 1 aromatic heterocycles. The van der Waals surface area contributed by atoms with E-state index in [0.29, 0.717) is 16.8 Å². The van der Waals surface area contributed by atoms with Gasteiger partial charge in [0.2, 0.25) is 5.89 Å². The van der Waals surface area contributed by atoms with E-state index in [9.17, 15) is 0 Å². The first-order valence-electron chi connectivity index (χ1n) is 9.50. The highest BCUT2D eigenvalue weighted by Gasteiger charge is 2.31. The van der Waals surface area contributed by atoms with Crippen LogP contribution < -0.4 is 9.80 Å². The van der Waals surface area contributed by atoms with E-state index in [2.05, 4.69) is 47.5 Å². The average molecular weight is 385 g/mol. The van der Waals surface area contributed by atoms with Gasteiger partial charge < -0.3 is 14.2 Å². The topological polar surface area (TPSA) is 47.8 Å². The number of nitrogens with one attached hydrogen (secondary N) is 2. The van der Waals surface area contributed by atoms with Crippen molar-refractivity contribution in [2.24, 2.45) is 0 Å². The zero-order chi connectivity index (χ0) is 18.6. The Morgan fingerprint density at radius 3 is 2.52 bits per heavy atom. The van der Waals surface area contributed by atoms with Crippen molar-refractivity contribution in [2.75, 3.05) is 26.2 Å². The fourth-order valence-electron chi connectivity index (χ4n) is 3.74. The lowest BCUT2D eigenvalue weighted by molar-refractivity contribution is -1.03. The zero-order valence-electron chi connectivity index (χ0n) is 15.5. The molecule has 5 nitrogen and oxygen atoms in total. The van der Waals surface area contributed by atoms with Crippen LogP contribution in [0, 0.1) is 0 Å². The minimum atomic E-state index is 0.198. The Morgan fingerprint density at radius 2 is 1.78 bits per heavy atom. The van der Waals surface area contributed by atoms with Crippen LogP contribution in [0.4, 0.5) is 0 Å². The highest BCUT2D eigenvalue weighted by molar-refractivity contribution is 6.30. The van der Waals surface area contributed by atoms with Gasteiger partial charge in [0.25, 0.3) is 5.89 Å². The summed E-state index contributed by atoms with van der Waals surface area (Å²) in [6.07, 6.45) is 0. The lowest BCUT2D eigenvalue weighted by Gasteiger charge is -2.32. The average Bonchev–Trinajstić information content (AvgIpc) is 3.19. The molecule has 2 N–H and O–H groups in total. The van der Waals surface area contributed by atoms with Crippen LogP contribution in [0.3, 0.4) is 0 Å². The van der Waals surface area contributed by atoms with Crippen LogP contribution in [0.5, 0.6) is 0 Å². The lowest BCUT2D eigenvalue weighted by atomic mass is 10.2. The van der Waals surface area contributed by atoms with Crippen LogP contribution in [-0.4, -0.2) is 36.4 Å². The standard InChI is InChI=1S/C21H23ClN4O/c1-16(20-23-24-21(27-20)18-8-5-9-19(22)14-18)26-12-10-25(11-13-26)15-17-6-3-2-4-7-17/h2-9,14,16H,10-13,15H2,1H3/p+2/t16-/m0/s1. The molecule has 0 aliphatic carbocycles. The molecule has 1 atom stereocenters. The van der Waals surface area contributed by atoms with Gasteiger partial charge in [-0.25, -0.2) is 0 Å². The Labute approximate surface area is 164 Å². The van der Waals surface area contributed by atoms with Crippen molar-refractivity contribution in [1.82, 2.24) is 10.2 Å². The molecule has 1 saturated heterocycles. The number of nitrogens with zero attached hydrogens (tertiary/aromatic N) is 2. The first kappa shape index (κ1) is 18.2. The van der Waals surface area contributed by atoms with Crippen molar-refractivity contribution < 1.29 is 14.2 Å². The van der Waals surface area contributed by atoms with Crippen LogP contribution in [0.25, 0.3) is 11.5 Å². The molecule has 1 aliphatic rings. The summed E-state index contributed by atoms with van der Waals surface area (Å²) in [6.45, 7) is 7.80. The molecule has 140 valence electrons. The number of hydrogen-bond acceptors (Lipinski definition) is 3. The highest BCUT2D eigenvalue weighted by atomic mass is 35.5. The number of halogens is 1. The number of hydrogen-bond donors (Lipinski definition) is 2. The second-order valence-electron chi connectivity index (χ2n) is 7.25.